The maximum Gasteiger partial charge on any atom is 0.230 e. The van der Waals surface area contributed by atoms with Crippen molar-refractivity contribution in [2.75, 3.05) is 7.11 Å². The third-order valence-electron chi connectivity index (χ3n) is 4.22. The summed E-state index contributed by atoms with van der Waals surface area (Å²) in [5.41, 5.74) is 2.95. The highest BCUT2D eigenvalue weighted by atomic mass is 16.5. The lowest BCUT2D eigenvalue weighted by Gasteiger charge is -2.16. The summed E-state index contributed by atoms with van der Waals surface area (Å²) in [6.07, 6.45) is 3.57. The number of nitrogens with one attached hydrogen (secondary N) is 1. The van der Waals surface area contributed by atoms with Crippen molar-refractivity contribution in [2.45, 2.75) is 31.7 Å². The van der Waals surface area contributed by atoms with Crippen molar-refractivity contribution >= 4 is 5.91 Å². The first-order valence-electron chi connectivity index (χ1n) is 7.48. The molecule has 0 atom stereocenters. The Morgan fingerprint density at radius 2 is 2.14 bits per heavy atom. The predicted molar refractivity (Wildman–Crippen MR) is 84.7 cm³/mol. The maximum absolute atomic E-state index is 12.6. The van der Waals surface area contributed by atoms with Crippen molar-refractivity contribution < 1.29 is 9.53 Å². The molecule has 1 aromatic carbocycles. The summed E-state index contributed by atoms with van der Waals surface area (Å²) in [5, 5.41) is 3.04. The normalized spacial score (nSPS) is 15.2. The minimum absolute atomic E-state index is 0.105. The Morgan fingerprint density at radius 1 is 1.32 bits per heavy atom. The number of pyridine rings is 1. The predicted octanol–water partition coefficient (Wildman–Crippen LogP) is 2.75. The number of hydrogen-bond donors (Lipinski definition) is 1. The van der Waals surface area contributed by atoms with Gasteiger partial charge >= 0.3 is 0 Å². The number of nitrogens with zero attached hydrogens (tertiary/aromatic N) is 1. The van der Waals surface area contributed by atoms with Crippen LogP contribution in [0.2, 0.25) is 0 Å². The van der Waals surface area contributed by atoms with Gasteiger partial charge in [-0.05, 0) is 30.9 Å². The summed E-state index contributed by atoms with van der Waals surface area (Å²) in [6.45, 7) is 2.55. The number of methoxy groups -OCH3 is 1. The average Bonchev–Trinajstić information content (AvgIpc) is 3.35. The zero-order chi connectivity index (χ0) is 15.6. The van der Waals surface area contributed by atoms with Crippen LogP contribution in [0.1, 0.15) is 29.5 Å². The summed E-state index contributed by atoms with van der Waals surface area (Å²) in [7, 11) is 1.59. The maximum atomic E-state index is 12.6. The second-order valence-corrected chi connectivity index (χ2v) is 5.84. The quantitative estimate of drug-likeness (QED) is 0.923. The van der Waals surface area contributed by atoms with Crippen LogP contribution in [-0.2, 0) is 16.8 Å². The Labute approximate surface area is 130 Å². The Morgan fingerprint density at radius 3 is 2.73 bits per heavy atom. The first-order chi connectivity index (χ1) is 10.6. The van der Waals surface area contributed by atoms with Gasteiger partial charge in [-0.15, -0.1) is 0 Å². The van der Waals surface area contributed by atoms with Gasteiger partial charge in [0, 0.05) is 18.8 Å². The lowest BCUT2D eigenvalue weighted by atomic mass is 9.93. The van der Waals surface area contributed by atoms with E-state index in [1.807, 2.05) is 12.1 Å². The van der Waals surface area contributed by atoms with Crippen molar-refractivity contribution in [1.82, 2.24) is 10.3 Å². The molecule has 0 aliphatic heterocycles. The minimum Gasteiger partial charge on any atom is -0.481 e. The van der Waals surface area contributed by atoms with Crippen molar-refractivity contribution in [1.29, 1.82) is 0 Å². The summed E-state index contributed by atoms with van der Waals surface area (Å²) in [4.78, 5) is 16.7. The molecular weight excluding hydrogens is 276 g/mol. The SMILES string of the molecule is COc1ccc(CNC(=O)C2(c3cccc(C)c3)CC2)cn1. The summed E-state index contributed by atoms with van der Waals surface area (Å²) in [6, 6.07) is 12.0. The lowest BCUT2D eigenvalue weighted by molar-refractivity contribution is -0.123. The molecule has 4 heteroatoms. The molecule has 22 heavy (non-hydrogen) atoms. The van der Waals surface area contributed by atoms with E-state index in [1.54, 1.807) is 19.4 Å². The van der Waals surface area contributed by atoms with Crippen LogP contribution in [0.5, 0.6) is 5.88 Å². The molecule has 1 heterocycles. The van der Waals surface area contributed by atoms with Gasteiger partial charge in [0.1, 0.15) is 0 Å². The van der Waals surface area contributed by atoms with Crippen LogP contribution in [0.15, 0.2) is 42.6 Å². The van der Waals surface area contributed by atoms with Crippen molar-refractivity contribution in [2.24, 2.45) is 0 Å². The molecule has 0 saturated heterocycles. The highest BCUT2D eigenvalue weighted by Gasteiger charge is 2.51. The molecule has 1 fully saturated rings. The second kappa shape index (κ2) is 5.79. The third kappa shape index (κ3) is 2.82. The first-order valence-corrected chi connectivity index (χ1v) is 7.48. The van der Waals surface area contributed by atoms with Gasteiger partial charge in [0.2, 0.25) is 11.8 Å². The van der Waals surface area contributed by atoms with E-state index in [0.717, 1.165) is 24.0 Å². The Balaban J connectivity index is 1.66. The van der Waals surface area contributed by atoms with E-state index in [-0.39, 0.29) is 11.3 Å². The molecular formula is C18H20N2O2. The summed E-state index contributed by atoms with van der Waals surface area (Å²) >= 11 is 0. The fraction of sp³-hybridized carbons (Fsp3) is 0.333. The van der Waals surface area contributed by atoms with Gasteiger partial charge in [0.05, 0.1) is 12.5 Å². The van der Waals surface area contributed by atoms with Crippen LogP contribution in [0.4, 0.5) is 0 Å². The number of aromatic nitrogens is 1. The number of rotatable bonds is 5. The molecule has 0 bridgehead atoms. The van der Waals surface area contributed by atoms with Gasteiger partial charge < -0.3 is 10.1 Å². The van der Waals surface area contributed by atoms with Crippen LogP contribution >= 0.6 is 0 Å². The molecule has 1 aromatic heterocycles. The zero-order valence-electron chi connectivity index (χ0n) is 12.9. The number of carbonyl (C=O) groups excluding carboxylic acids is 1. The Bertz CT molecular complexity index is 676. The monoisotopic (exact) mass is 296 g/mol. The van der Waals surface area contributed by atoms with E-state index in [0.29, 0.717) is 12.4 Å². The van der Waals surface area contributed by atoms with Gasteiger partial charge in [-0.2, -0.15) is 0 Å². The number of ether oxygens (including phenoxy) is 1. The number of hydrogen-bond acceptors (Lipinski definition) is 3. The highest BCUT2D eigenvalue weighted by molar-refractivity contribution is 5.91. The van der Waals surface area contributed by atoms with E-state index in [2.05, 4.69) is 35.4 Å². The molecule has 3 rings (SSSR count). The second-order valence-electron chi connectivity index (χ2n) is 5.84. The molecule has 0 unspecified atom stereocenters. The molecule has 1 N–H and O–H groups in total. The van der Waals surface area contributed by atoms with Gasteiger partial charge in [-0.1, -0.05) is 35.9 Å². The number of benzene rings is 1. The van der Waals surface area contributed by atoms with E-state index in [9.17, 15) is 4.79 Å². The van der Waals surface area contributed by atoms with E-state index in [1.165, 1.54) is 5.56 Å². The largest absolute Gasteiger partial charge is 0.481 e. The van der Waals surface area contributed by atoms with E-state index >= 15 is 0 Å². The summed E-state index contributed by atoms with van der Waals surface area (Å²) in [5.74, 6) is 0.683. The molecule has 2 aromatic rings. The molecule has 1 saturated carbocycles. The van der Waals surface area contributed by atoms with Crippen LogP contribution in [0.25, 0.3) is 0 Å². The average molecular weight is 296 g/mol. The molecule has 1 aliphatic carbocycles. The summed E-state index contributed by atoms with van der Waals surface area (Å²) < 4.78 is 5.03. The zero-order valence-corrected chi connectivity index (χ0v) is 12.9. The molecule has 0 radical (unpaired) electrons. The smallest absolute Gasteiger partial charge is 0.230 e. The first kappa shape index (κ1) is 14.6. The van der Waals surface area contributed by atoms with Crippen molar-refractivity contribution in [3.8, 4) is 5.88 Å². The molecule has 0 spiro atoms. The molecule has 4 nitrogen and oxygen atoms in total. The van der Waals surface area contributed by atoms with Gasteiger partial charge in [0.15, 0.2) is 0 Å². The Kier molecular flexibility index (Phi) is 3.84. The highest BCUT2D eigenvalue weighted by Crippen LogP contribution is 2.48. The standard InChI is InChI=1S/C18H20N2O2/c1-13-4-3-5-15(10-13)18(8-9-18)17(21)20-12-14-6-7-16(22-2)19-11-14/h3-7,10-11H,8-9,12H2,1-2H3,(H,20,21). The van der Waals surface area contributed by atoms with E-state index < -0.39 is 0 Å². The molecule has 114 valence electrons. The molecule has 1 aliphatic rings. The van der Waals surface area contributed by atoms with Crippen LogP contribution in [0.3, 0.4) is 0 Å². The van der Waals surface area contributed by atoms with Crippen LogP contribution < -0.4 is 10.1 Å². The van der Waals surface area contributed by atoms with Crippen LogP contribution in [-0.4, -0.2) is 18.0 Å². The third-order valence-corrected chi connectivity index (χ3v) is 4.22. The number of aryl methyl sites for hydroxylation is 1. The topological polar surface area (TPSA) is 51.2 Å². The number of carbonyl (C=O) groups is 1. The van der Waals surface area contributed by atoms with Gasteiger partial charge in [0.25, 0.3) is 0 Å². The van der Waals surface area contributed by atoms with Gasteiger partial charge in [-0.3, -0.25) is 4.79 Å². The van der Waals surface area contributed by atoms with Gasteiger partial charge in [-0.25, -0.2) is 4.98 Å². The molecule has 1 amide bonds. The van der Waals surface area contributed by atoms with E-state index in [4.69, 9.17) is 4.74 Å². The lowest BCUT2D eigenvalue weighted by Crippen LogP contribution is -2.34. The Hall–Kier alpha value is -2.36. The number of amides is 1. The van der Waals surface area contributed by atoms with Crippen molar-refractivity contribution in [3.05, 3.63) is 59.3 Å². The minimum atomic E-state index is -0.327. The van der Waals surface area contributed by atoms with Crippen LogP contribution in [0, 0.1) is 6.92 Å². The fourth-order valence-corrected chi connectivity index (χ4v) is 2.70. The fourth-order valence-electron chi connectivity index (χ4n) is 2.70. The van der Waals surface area contributed by atoms with Crippen molar-refractivity contribution in [3.63, 3.8) is 0 Å².